The SMILES string of the molecule is Cc1ccnc(Cc2ccccc2)c1C.[F][Sb-]([F])([F])([F])([F])[F].[H+]. The third-order valence-corrected chi connectivity index (χ3v) is 2.79. The quantitative estimate of drug-likeness (QED) is 0.447. The second-order valence-electron chi connectivity index (χ2n) is 4.82. The van der Waals surface area contributed by atoms with E-state index >= 15 is 0 Å². The second-order valence-corrected chi connectivity index (χ2v) is 10.3. The first-order valence-electron chi connectivity index (χ1n) is 6.24. The maximum absolute atomic E-state index is 11.2. The van der Waals surface area contributed by atoms with Gasteiger partial charge < -0.3 is 0 Å². The molecule has 1 heterocycles. The number of aryl methyl sites for hydroxylation is 1. The van der Waals surface area contributed by atoms with Crippen LogP contribution in [-0.2, 0) is 6.42 Å². The molecule has 0 N–H and O–H groups in total. The zero-order chi connectivity index (χ0) is 17.1. The summed E-state index contributed by atoms with van der Waals surface area (Å²) in [7, 11) is 0. The summed E-state index contributed by atoms with van der Waals surface area (Å²) in [5, 5.41) is 0. The number of nitrogens with zero attached hydrogens (tertiary/aromatic N) is 1. The summed E-state index contributed by atoms with van der Waals surface area (Å²) < 4.78 is 59.6. The first kappa shape index (κ1) is 18.8. The number of benzene rings is 1. The molecule has 0 bridgehead atoms. The molecular weight excluding hydrogens is 418 g/mol. The van der Waals surface area contributed by atoms with Crippen LogP contribution in [0.5, 0.6) is 0 Å². The number of pyridine rings is 1. The summed E-state index contributed by atoms with van der Waals surface area (Å²) in [5.41, 5.74) is 5.12. The standard InChI is InChI=1S/C14H15N.6FH.Sb/c1-11-8-9-15-14(12(11)2)10-13-6-4-3-5-7-13;;;;;;;/h3-9H,10H2,1-2H3;6*1H;/q;;;;;;;+5/p-5. The van der Waals surface area contributed by atoms with E-state index in [9.17, 15) is 16.9 Å². The molecule has 0 fully saturated rings. The smallest absolute Gasteiger partial charge is 1.00 e. The zero-order valence-corrected chi connectivity index (χ0v) is 14.5. The van der Waals surface area contributed by atoms with Gasteiger partial charge in [-0.25, -0.2) is 0 Å². The van der Waals surface area contributed by atoms with Gasteiger partial charge in [0.1, 0.15) is 0 Å². The molecule has 124 valence electrons. The fourth-order valence-electron chi connectivity index (χ4n) is 1.66. The van der Waals surface area contributed by atoms with Gasteiger partial charge in [0.2, 0.25) is 0 Å². The average Bonchev–Trinajstić information content (AvgIpc) is 2.32. The van der Waals surface area contributed by atoms with Crippen LogP contribution >= 0.6 is 0 Å². The molecule has 8 heteroatoms. The maximum atomic E-state index is 9.93. The number of halogens is 6. The van der Waals surface area contributed by atoms with E-state index in [1.165, 1.54) is 22.4 Å². The minimum absolute atomic E-state index is 0. The Balaban J connectivity index is 0.000000522. The number of hydrogen-bond donors (Lipinski definition) is 0. The van der Waals surface area contributed by atoms with E-state index in [4.69, 9.17) is 0 Å². The molecule has 0 aliphatic carbocycles. The number of aromatic nitrogens is 1. The molecule has 22 heavy (non-hydrogen) atoms. The first-order valence-corrected chi connectivity index (χ1v) is 12.0. The summed E-state index contributed by atoms with van der Waals surface area (Å²) in [4.78, 5) is 4.43. The molecular formula is C14H16F6NSb. The predicted molar refractivity (Wildman–Crippen MR) is 76.5 cm³/mol. The van der Waals surface area contributed by atoms with Gasteiger partial charge in [0, 0.05) is 18.3 Å². The van der Waals surface area contributed by atoms with Crippen molar-refractivity contribution in [1.82, 2.24) is 4.98 Å². The van der Waals surface area contributed by atoms with Crippen molar-refractivity contribution in [2.75, 3.05) is 0 Å². The third-order valence-electron chi connectivity index (χ3n) is 2.79. The van der Waals surface area contributed by atoms with Gasteiger partial charge in [-0.05, 0) is 36.6 Å². The van der Waals surface area contributed by atoms with E-state index in [-0.39, 0.29) is 1.43 Å². The van der Waals surface area contributed by atoms with Crippen LogP contribution < -0.4 is 0 Å². The fourth-order valence-corrected chi connectivity index (χ4v) is 1.66. The van der Waals surface area contributed by atoms with Crippen LogP contribution in [0, 0.1) is 13.8 Å². The predicted octanol–water partition coefficient (Wildman–Crippen LogP) is 5.54. The molecule has 0 aliphatic rings. The zero-order valence-electron chi connectivity index (χ0n) is 12.9. The Bertz CT molecular complexity index is 632. The normalized spacial score (nSPS) is 14.4. The van der Waals surface area contributed by atoms with Gasteiger partial charge in [-0.3, -0.25) is 4.98 Å². The summed E-state index contributed by atoms with van der Waals surface area (Å²) in [6.45, 7) is 4.27. The molecule has 0 atom stereocenters. The van der Waals surface area contributed by atoms with Crippen molar-refractivity contribution in [3.05, 3.63) is 65.0 Å². The molecule has 1 nitrogen and oxygen atoms in total. The van der Waals surface area contributed by atoms with Crippen LogP contribution in [0.2, 0.25) is 0 Å². The van der Waals surface area contributed by atoms with Gasteiger partial charge in [0.15, 0.2) is 0 Å². The van der Waals surface area contributed by atoms with Gasteiger partial charge in [0.25, 0.3) is 0 Å². The molecule has 0 aliphatic heterocycles. The van der Waals surface area contributed by atoms with Crippen molar-refractivity contribution < 1.29 is 18.3 Å². The van der Waals surface area contributed by atoms with Crippen molar-refractivity contribution >= 4 is 19.5 Å². The van der Waals surface area contributed by atoms with Gasteiger partial charge in [-0.1, -0.05) is 30.3 Å². The first-order chi connectivity index (χ1) is 9.72. The van der Waals surface area contributed by atoms with Crippen LogP contribution in [0.15, 0.2) is 42.6 Å². The molecule has 2 rings (SSSR count). The molecule has 1 aromatic carbocycles. The molecule has 0 unspecified atom stereocenters. The van der Waals surface area contributed by atoms with E-state index in [0.717, 1.165) is 6.42 Å². The van der Waals surface area contributed by atoms with E-state index in [1.807, 2.05) is 12.3 Å². The van der Waals surface area contributed by atoms with Gasteiger partial charge >= 0.3 is 37.8 Å². The van der Waals surface area contributed by atoms with Crippen molar-refractivity contribution in [2.24, 2.45) is 0 Å². The minimum Gasteiger partial charge on any atom is 1.00 e. The fraction of sp³-hybridized carbons (Fsp3) is 0.214. The van der Waals surface area contributed by atoms with Crippen molar-refractivity contribution in [3.8, 4) is 0 Å². The molecule has 1 aromatic heterocycles. The number of rotatable bonds is 2. The Hall–Kier alpha value is -1.23. The minimum atomic E-state index is -11.2. The molecule has 0 amide bonds. The van der Waals surface area contributed by atoms with E-state index in [0.29, 0.717) is 0 Å². The van der Waals surface area contributed by atoms with Crippen molar-refractivity contribution in [1.29, 1.82) is 0 Å². The Morgan fingerprint density at radius 1 is 0.909 bits per heavy atom. The van der Waals surface area contributed by atoms with Crippen LogP contribution in [0.3, 0.4) is 0 Å². The largest absolute Gasteiger partial charge is 1.00 e. The topological polar surface area (TPSA) is 12.9 Å². The van der Waals surface area contributed by atoms with Crippen LogP contribution in [0.4, 0.5) is 16.9 Å². The molecule has 0 spiro atoms. The molecule has 0 saturated carbocycles. The van der Waals surface area contributed by atoms with Crippen molar-refractivity contribution in [2.45, 2.75) is 20.3 Å². The van der Waals surface area contributed by atoms with E-state index in [2.05, 4.69) is 49.2 Å². The van der Waals surface area contributed by atoms with Crippen LogP contribution in [-0.4, -0.2) is 24.5 Å². The van der Waals surface area contributed by atoms with Gasteiger partial charge in [-0.2, -0.15) is 0 Å². The maximum Gasteiger partial charge on any atom is 1.00 e. The Kier molecular flexibility index (Phi) is 4.93. The molecule has 0 radical (unpaired) electrons. The average molecular weight is 434 g/mol. The Morgan fingerprint density at radius 2 is 1.41 bits per heavy atom. The summed E-state index contributed by atoms with van der Waals surface area (Å²) in [6.07, 6.45) is 2.81. The second kappa shape index (κ2) is 5.76. The van der Waals surface area contributed by atoms with Gasteiger partial charge in [0.05, 0.1) is 0 Å². The number of hydrogen-bond acceptors (Lipinski definition) is 1. The van der Waals surface area contributed by atoms with Gasteiger partial charge in [-0.15, -0.1) is 0 Å². The Labute approximate surface area is 128 Å². The van der Waals surface area contributed by atoms with E-state index < -0.39 is 19.5 Å². The van der Waals surface area contributed by atoms with Crippen molar-refractivity contribution in [3.63, 3.8) is 0 Å². The summed E-state index contributed by atoms with van der Waals surface area (Å²) in [5.74, 6) is 0. The van der Waals surface area contributed by atoms with Crippen LogP contribution in [0.1, 0.15) is 23.8 Å². The molecule has 2 aromatic rings. The summed E-state index contributed by atoms with van der Waals surface area (Å²) in [6, 6.07) is 12.5. The summed E-state index contributed by atoms with van der Waals surface area (Å²) >= 11 is -11.2. The third kappa shape index (κ3) is 9.66. The van der Waals surface area contributed by atoms with E-state index in [1.54, 1.807) is 0 Å². The monoisotopic (exact) mass is 433 g/mol. The van der Waals surface area contributed by atoms with Crippen LogP contribution in [0.25, 0.3) is 0 Å². The Morgan fingerprint density at radius 3 is 1.91 bits per heavy atom. The molecule has 0 saturated heterocycles.